The summed E-state index contributed by atoms with van der Waals surface area (Å²) in [4.78, 5) is 20.8. The highest BCUT2D eigenvalue weighted by atomic mass is 19.1. The minimum absolute atomic E-state index is 0.226. The van der Waals surface area contributed by atoms with Gasteiger partial charge >= 0.3 is 5.97 Å². The van der Waals surface area contributed by atoms with E-state index >= 15 is 4.39 Å². The molecule has 0 saturated carbocycles. The number of aromatic nitrogens is 2. The minimum atomic E-state index is -0.947. The molecule has 0 aliphatic carbocycles. The second-order valence-corrected chi connectivity index (χ2v) is 14.1. The predicted octanol–water partition coefficient (Wildman–Crippen LogP) is 8.25. The van der Waals surface area contributed by atoms with Crippen molar-refractivity contribution < 1.29 is 28.1 Å². The zero-order valence-electron chi connectivity index (χ0n) is 29.0. The lowest BCUT2D eigenvalue weighted by Gasteiger charge is -2.41. The number of halogens is 1. The molecule has 3 aliphatic rings. The van der Waals surface area contributed by atoms with Crippen molar-refractivity contribution in [3.8, 4) is 28.1 Å². The van der Waals surface area contributed by atoms with Crippen LogP contribution in [0.15, 0.2) is 66.9 Å². The number of methoxy groups -OCH3 is 1. The molecular weight excluding hydrogens is 609 g/mol. The first-order valence-electron chi connectivity index (χ1n) is 16.7. The number of hydrogen-bond acceptors (Lipinski definition) is 7. The molecule has 7 rings (SSSR count). The second-order valence-electron chi connectivity index (χ2n) is 14.1. The second kappa shape index (κ2) is 13.4. The number of piperidine rings is 1. The number of imidazole rings is 1. The van der Waals surface area contributed by atoms with E-state index in [1.165, 1.54) is 13.2 Å². The van der Waals surface area contributed by atoms with Gasteiger partial charge in [0.25, 0.3) is 0 Å². The molecule has 9 heteroatoms. The normalized spacial score (nSPS) is 21.4. The molecule has 0 amide bonds. The fourth-order valence-electron chi connectivity index (χ4n) is 6.61. The average Bonchev–Trinajstić information content (AvgIpc) is 3.47. The standard InChI is InChI=1S/C39H46FN3O5/c1-25-22-32-41-31-24-43(32)36(33(25)35(37(44)45-7)48-38(3,4)5)42-19-17-39(6,18-20-42)46-21-9-8-12-26(2)47-34-29(15-11-16-30(34)40)27-13-10-14-28(31)23-27/h8-11,13-16,22-24,26,35H,12,17-21H2,1-7H3/b9-8+/t26-,35-/m0/s1. The van der Waals surface area contributed by atoms with Gasteiger partial charge in [-0.15, -0.1) is 0 Å². The van der Waals surface area contributed by atoms with Crippen molar-refractivity contribution in [3.63, 3.8) is 0 Å². The fraction of sp³-hybridized carbons (Fsp3) is 0.436. The summed E-state index contributed by atoms with van der Waals surface area (Å²) < 4.78 is 41.7. The summed E-state index contributed by atoms with van der Waals surface area (Å²) in [6.45, 7) is 13.8. The summed E-state index contributed by atoms with van der Waals surface area (Å²) >= 11 is 0. The third-order valence-electron chi connectivity index (χ3n) is 9.16. The minimum Gasteiger partial charge on any atom is -0.487 e. The van der Waals surface area contributed by atoms with Crippen molar-refractivity contribution >= 4 is 17.4 Å². The maximum Gasteiger partial charge on any atom is 0.339 e. The number of ether oxygens (including phenoxy) is 4. The Hall–Kier alpha value is -4.21. The average molecular weight is 656 g/mol. The highest BCUT2D eigenvalue weighted by molar-refractivity contribution is 5.81. The van der Waals surface area contributed by atoms with E-state index in [0.29, 0.717) is 31.7 Å². The van der Waals surface area contributed by atoms with E-state index in [2.05, 4.69) is 16.2 Å². The molecule has 4 aromatic rings. The Bertz CT molecular complexity index is 1830. The van der Waals surface area contributed by atoms with E-state index in [-0.39, 0.29) is 17.5 Å². The van der Waals surface area contributed by atoms with Gasteiger partial charge in [-0.05, 0) is 83.7 Å². The smallest absolute Gasteiger partial charge is 0.339 e. The van der Waals surface area contributed by atoms with Crippen molar-refractivity contribution in [2.75, 3.05) is 31.7 Å². The third kappa shape index (κ3) is 6.98. The monoisotopic (exact) mass is 655 g/mol. The highest BCUT2D eigenvalue weighted by Gasteiger charge is 2.37. The molecule has 6 bridgehead atoms. The topological polar surface area (TPSA) is 74.5 Å². The van der Waals surface area contributed by atoms with Gasteiger partial charge in [0.05, 0.1) is 36.7 Å². The lowest BCUT2D eigenvalue weighted by atomic mass is 9.92. The first-order valence-corrected chi connectivity index (χ1v) is 16.7. The third-order valence-corrected chi connectivity index (χ3v) is 9.16. The van der Waals surface area contributed by atoms with Gasteiger partial charge in [0.15, 0.2) is 17.7 Å². The molecule has 2 atom stereocenters. The molecule has 8 nitrogen and oxygen atoms in total. The molecule has 254 valence electrons. The number of pyridine rings is 1. The Morgan fingerprint density at radius 3 is 2.54 bits per heavy atom. The Balaban J connectivity index is 1.56. The molecule has 0 radical (unpaired) electrons. The maximum absolute atomic E-state index is 15.3. The van der Waals surface area contributed by atoms with Crippen LogP contribution in [-0.2, 0) is 19.0 Å². The van der Waals surface area contributed by atoms with Crippen molar-refractivity contribution in [2.24, 2.45) is 0 Å². The Labute approximate surface area is 282 Å². The summed E-state index contributed by atoms with van der Waals surface area (Å²) in [5.74, 6) is 0.215. The van der Waals surface area contributed by atoms with Gasteiger partial charge < -0.3 is 23.8 Å². The van der Waals surface area contributed by atoms with Crippen molar-refractivity contribution in [2.45, 2.75) is 84.2 Å². The lowest BCUT2D eigenvalue weighted by Crippen LogP contribution is -2.45. The number of para-hydroxylation sites is 1. The molecular formula is C39H46FN3O5. The molecule has 0 N–H and O–H groups in total. The lowest BCUT2D eigenvalue weighted by molar-refractivity contribution is -0.164. The molecule has 1 saturated heterocycles. The van der Waals surface area contributed by atoms with Crippen LogP contribution in [0.3, 0.4) is 0 Å². The summed E-state index contributed by atoms with van der Waals surface area (Å²) in [5, 5.41) is 0. The number of anilines is 1. The molecule has 2 aromatic carbocycles. The molecule has 0 unspecified atom stereocenters. The number of aryl methyl sites for hydroxylation is 1. The van der Waals surface area contributed by atoms with Crippen LogP contribution < -0.4 is 9.64 Å². The zero-order valence-corrected chi connectivity index (χ0v) is 29.0. The van der Waals surface area contributed by atoms with Crippen molar-refractivity contribution in [1.82, 2.24) is 9.38 Å². The van der Waals surface area contributed by atoms with Gasteiger partial charge in [0.1, 0.15) is 11.5 Å². The summed E-state index contributed by atoms with van der Waals surface area (Å²) in [7, 11) is 1.39. The van der Waals surface area contributed by atoms with E-state index in [1.54, 1.807) is 6.07 Å². The van der Waals surface area contributed by atoms with Gasteiger partial charge in [-0.3, -0.25) is 4.40 Å². The van der Waals surface area contributed by atoms with E-state index in [1.807, 2.05) is 89.4 Å². The van der Waals surface area contributed by atoms with Crippen LogP contribution in [-0.4, -0.2) is 59.5 Å². The summed E-state index contributed by atoms with van der Waals surface area (Å²) in [6, 6.07) is 14.9. The van der Waals surface area contributed by atoms with Crippen molar-refractivity contribution in [3.05, 3.63) is 83.8 Å². The summed E-state index contributed by atoms with van der Waals surface area (Å²) in [5.41, 5.74) is 4.56. The largest absolute Gasteiger partial charge is 0.487 e. The Morgan fingerprint density at radius 2 is 1.81 bits per heavy atom. The molecule has 3 aliphatic heterocycles. The Kier molecular flexibility index (Phi) is 9.37. The first-order chi connectivity index (χ1) is 22.9. The van der Waals surface area contributed by atoms with Crippen LogP contribution in [0, 0.1) is 12.7 Å². The molecule has 0 spiro atoms. The highest BCUT2D eigenvalue weighted by Crippen LogP contribution is 2.41. The number of nitrogens with zero attached hydrogens (tertiary/aromatic N) is 3. The zero-order chi connectivity index (χ0) is 34.2. The van der Waals surface area contributed by atoms with Crippen LogP contribution in [0.5, 0.6) is 5.75 Å². The fourth-order valence-corrected chi connectivity index (χ4v) is 6.61. The van der Waals surface area contributed by atoms with E-state index in [9.17, 15) is 4.79 Å². The van der Waals surface area contributed by atoms with Gasteiger partial charge in [0, 0.05) is 42.4 Å². The van der Waals surface area contributed by atoms with E-state index in [0.717, 1.165) is 52.3 Å². The van der Waals surface area contributed by atoms with Crippen LogP contribution in [0.2, 0.25) is 0 Å². The van der Waals surface area contributed by atoms with Crippen LogP contribution >= 0.6 is 0 Å². The van der Waals surface area contributed by atoms with Gasteiger partial charge in [-0.1, -0.05) is 42.5 Å². The van der Waals surface area contributed by atoms with Gasteiger partial charge in [-0.2, -0.15) is 0 Å². The predicted molar refractivity (Wildman–Crippen MR) is 186 cm³/mol. The maximum atomic E-state index is 15.3. The molecule has 1 fully saturated rings. The first kappa shape index (κ1) is 33.7. The number of carbonyl (C=O) groups is 1. The van der Waals surface area contributed by atoms with Crippen LogP contribution in [0.4, 0.5) is 10.2 Å². The van der Waals surface area contributed by atoms with Crippen molar-refractivity contribution in [1.29, 1.82) is 0 Å². The van der Waals surface area contributed by atoms with E-state index < -0.39 is 23.5 Å². The Morgan fingerprint density at radius 1 is 1.08 bits per heavy atom. The number of esters is 1. The molecule has 5 heterocycles. The van der Waals surface area contributed by atoms with Gasteiger partial charge in [0.2, 0.25) is 0 Å². The van der Waals surface area contributed by atoms with Crippen LogP contribution in [0.1, 0.15) is 71.1 Å². The number of carbonyl (C=O) groups excluding carboxylic acids is 1. The molecule has 48 heavy (non-hydrogen) atoms. The quantitative estimate of drug-likeness (QED) is 0.163. The number of fused-ring (bicyclic) bond motifs is 7. The van der Waals surface area contributed by atoms with Gasteiger partial charge in [-0.25, -0.2) is 14.2 Å². The van der Waals surface area contributed by atoms with Crippen LogP contribution in [0.25, 0.3) is 28.0 Å². The number of rotatable bonds is 3. The SMILES string of the molecule is COC(=O)[C@@H](OC(C)(C)C)c1c(C)cc2nc3cn2c1N1CCC(C)(CC1)OC/C=C/C[C@H](C)Oc1c(F)cccc1-c1cccc-3c1. The number of hydrogen-bond donors (Lipinski definition) is 0. The summed E-state index contributed by atoms with van der Waals surface area (Å²) in [6.07, 6.45) is 7.07. The molecule has 2 aromatic heterocycles. The van der Waals surface area contributed by atoms with E-state index in [4.69, 9.17) is 23.9 Å². The number of benzene rings is 2.